The van der Waals surface area contributed by atoms with Gasteiger partial charge in [-0.2, -0.15) is 0 Å². The molecule has 3 heterocycles. The van der Waals surface area contributed by atoms with Crippen LogP contribution in [0.1, 0.15) is 33.9 Å². The number of nitrogens with one attached hydrogen (secondary N) is 1. The molecule has 3 rings (SSSR count). The van der Waals surface area contributed by atoms with Gasteiger partial charge in [0.2, 0.25) is 0 Å². The first-order valence-electron chi connectivity index (χ1n) is 7.56. The van der Waals surface area contributed by atoms with E-state index in [0.717, 1.165) is 23.6 Å². The first-order chi connectivity index (χ1) is 11.0. The van der Waals surface area contributed by atoms with Crippen LogP contribution in [-0.4, -0.2) is 51.3 Å². The van der Waals surface area contributed by atoms with Crippen molar-refractivity contribution in [2.45, 2.75) is 39.0 Å². The summed E-state index contributed by atoms with van der Waals surface area (Å²) in [4.78, 5) is 18.2. The fourth-order valence-electron chi connectivity index (χ4n) is 2.83. The summed E-state index contributed by atoms with van der Waals surface area (Å²) in [6, 6.07) is -0.245. The second-order valence-corrected chi connectivity index (χ2v) is 6.57. The fourth-order valence-corrected chi connectivity index (χ4v) is 3.36. The van der Waals surface area contributed by atoms with Gasteiger partial charge in [-0.05, 0) is 20.3 Å². The van der Waals surface area contributed by atoms with Crippen LogP contribution in [0, 0.1) is 13.8 Å². The summed E-state index contributed by atoms with van der Waals surface area (Å²) in [6.07, 6.45) is 0.0901. The van der Waals surface area contributed by atoms with Gasteiger partial charge in [-0.15, -0.1) is 11.3 Å². The first kappa shape index (κ1) is 16.1. The number of carbonyl (C=O) groups is 1. The molecule has 0 saturated carbocycles. The SMILES string of the molecule is Cc1noc(C)c1CN1CC[C@@H](NC(=O)c2cscn2)[C@H](O)C1. The highest BCUT2D eigenvalue weighted by atomic mass is 32.1. The maximum Gasteiger partial charge on any atom is 0.271 e. The Balaban J connectivity index is 1.56. The van der Waals surface area contributed by atoms with E-state index in [0.29, 0.717) is 25.2 Å². The molecule has 8 heteroatoms. The third-order valence-corrected chi connectivity index (χ3v) is 4.80. The van der Waals surface area contributed by atoms with Crippen molar-refractivity contribution < 1.29 is 14.4 Å². The molecule has 0 aromatic carbocycles. The quantitative estimate of drug-likeness (QED) is 0.869. The van der Waals surface area contributed by atoms with Gasteiger partial charge in [0.1, 0.15) is 11.5 Å². The summed E-state index contributed by atoms with van der Waals surface area (Å²) in [6.45, 7) is 5.82. The minimum absolute atomic E-state index is 0.227. The summed E-state index contributed by atoms with van der Waals surface area (Å²) < 4.78 is 5.18. The van der Waals surface area contributed by atoms with E-state index in [1.165, 1.54) is 11.3 Å². The van der Waals surface area contributed by atoms with Crippen molar-refractivity contribution in [1.29, 1.82) is 0 Å². The maximum atomic E-state index is 12.0. The molecule has 2 aromatic rings. The van der Waals surface area contributed by atoms with E-state index in [1.54, 1.807) is 10.9 Å². The molecule has 0 radical (unpaired) electrons. The van der Waals surface area contributed by atoms with Crippen LogP contribution in [0.25, 0.3) is 0 Å². The van der Waals surface area contributed by atoms with Crippen LogP contribution >= 0.6 is 11.3 Å². The smallest absolute Gasteiger partial charge is 0.271 e. The van der Waals surface area contributed by atoms with Gasteiger partial charge in [-0.1, -0.05) is 5.16 Å². The van der Waals surface area contributed by atoms with Crippen LogP contribution in [-0.2, 0) is 6.54 Å². The van der Waals surface area contributed by atoms with E-state index in [-0.39, 0.29) is 11.9 Å². The van der Waals surface area contributed by atoms with Crippen molar-refractivity contribution >= 4 is 17.2 Å². The number of piperidine rings is 1. The summed E-state index contributed by atoms with van der Waals surface area (Å²) in [7, 11) is 0. The van der Waals surface area contributed by atoms with E-state index < -0.39 is 6.10 Å². The monoisotopic (exact) mass is 336 g/mol. The molecule has 1 aliphatic heterocycles. The molecule has 7 nitrogen and oxygen atoms in total. The van der Waals surface area contributed by atoms with E-state index in [4.69, 9.17) is 4.52 Å². The normalized spacial score (nSPS) is 22.2. The van der Waals surface area contributed by atoms with E-state index in [2.05, 4.69) is 20.4 Å². The summed E-state index contributed by atoms with van der Waals surface area (Å²) in [5, 5.41) is 18.9. The van der Waals surface area contributed by atoms with E-state index >= 15 is 0 Å². The number of carbonyl (C=O) groups excluding carboxylic acids is 1. The summed E-state index contributed by atoms with van der Waals surface area (Å²) >= 11 is 1.38. The number of aromatic nitrogens is 2. The minimum atomic E-state index is -0.605. The molecule has 124 valence electrons. The number of nitrogens with zero attached hydrogens (tertiary/aromatic N) is 3. The summed E-state index contributed by atoms with van der Waals surface area (Å²) in [5.74, 6) is 0.588. The standard InChI is InChI=1S/C15H20N4O3S/c1-9-11(10(2)22-18-9)5-19-4-3-12(14(20)6-19)17-15(21)13-7-23-8-16-13/h7-8,12,14,20H,3-6H2,1-2H3,(H,17,21)/t12-,14-/m1/s1. The number of rotatable bonds is 4. The van der Waals surface area contributed by atoms with Crippen LogP contribution < -0.4 is 5.32 Å². The lowest BCUT2D eigenvalue weighted by atomic mass is 10.0. The third kappa shape index (κ3) is 3.60. The van der Waals surface area contributed by atoms with Crippen molar-refractivity contribution in [3.05, 3.63) is 33.6 Å². The lowest BCUT2D eigenvalue weighted by Gasteiger charge is -2.36. The van der Waals surface area contributed by atoms with E-state index in [1.807, 2.05) is 13.8 Å². The van der Waals surface area contributed by atoms with Crippen molar-refractivity contribution in [3.8, 4) is 0 Å². The Morgan fingerprint density at radius 1 is 1.57 bits per heavy atom. The number of amides is 1. The Morgan fingerprint density at radius 2 is 2.39 bits per heavy atom. The molecule has 1 amide bonds. The lowest BCUT2D eigenvalue weighted by Crippen LogP contribution is -2.53. The van der Waals surface area contributed by atoms with Crippen LogP contribution in [0.3, 0.4) is 0 Å². The number of hydrogen-bond acceptors (Lipinski definition) is 7. The highest BCUT2D eigenvalue weighted by Crippen LogP contribution is 2.19. The molecule has 0 spiro atoms. The highest BCUT2D eigenvalue weighted by Gasteiger charge is 2.30. The predicted octanol–water partition coefficient (Wildman–Crippen LogP) is 1.11. The van der Waals surface area contributed by atoms with Crippen molar-refractivity contribution in [3.63, 3.8) is 0 Å². The Labute approximate surface area is 138 Å². The lowest BCUT2D eigenvalue weighted by molar-refractivity contribution is 0.0346. The molecular weight excluding hydrogens is 316 g/mol. The molecule has 2 aromatic heterocycles. The molecule has 0 bridgehead atoms. The number of thiazole rings is 1. The van der Waals surface area contributed by atoms with Gasteiger partial charge in [-0.3, -0.25) is 9.69 Å². The Kier molecular flexibility index (Phi) is 4.74. The molecule has 1 aliphatic rings. The number of aryl methyl sites for hydroxylation is 2. The van der Waals surface area contributed by atoms with Gasteiger partial charge in [0, 0.05) is 30.6 Å². The zero-order valence-corrected chi connectivity index (χ0v) is 14.0. The van der Waals surface area contributed by atoms with Gasteiger partial charge in [-0.25, -0.2) is 4.98 Å². The van der Waals surface area contributed by atoms with Crippen LogP contribution in [0.15, 0.2) is 15.4 Å². The van der Waals surface area contributed by atoms with Gasteiger partial charge >= 0.3 is 0 Å². The Morgan fingerprint density at radius 3 is 3.00 bits per heavy atom. The molecule has 2 atom stereocenters. The second-order valence-electron chi connectivity index (χ2n) is 5.85. The zero-order chi connectivity index (χ0) is 16.4. The predicted molar refractivity (Wildman–Crippen MR) is 85.2 cm³/mol. The third-order valence-electron chi connectivity index (χ3n) is 4.21. The van der Waals surface area contributed by atoms with Crippen molar-refractivity contribution in [2.24, 2.45) is 0 Å². The van der Waals surface area contributed by atoms with Crippen LogP contribution in [0.5, 0.6) is 0 Å². The highest BCUT2D eigenvalue weighted by molar-refractivity contribution is 7.07. The van der Waals surface area contributed by atoms with Gasteiger partial charge in [0.15, 0.2) is 0 Å². The molecule has 23 heavy (non-hydrogen) atoms. The maximum absolute atomic E-state index is 12.0. The summed E-state index contributed by atoms with van der Waals surface area (Å²) in [5.41, 5.74) is 3.98. The minimum Gasteiger partial charge on any atom is -0.390 e. The molecule has 2 N–H and O–H groups in total. The Bertz CT molecular complexity index is 651. The van der Waals surface area contributed by atoms with E-state index in [9.17, 15) is 9.90 Å². The van der Waals surface area contributed by atoms with Crippen molar-refractivity contribution in [2.75, 3.05) is 13.1 Å². The number of β-amino-alcohol motifs (C(OH)–C–C–N with tert-alkyl or cyclic N) is 1. The number of hydrogen-bond donors (Lipinski definition) is 2. The molecular formula is C15H20N4O3S. The first-order valence-corrected chi connectivity index (χ1v) is 8.50. The van der Waals surface area contributed by atoms with Crippen molar-refractivity contribution in [1.82, 2.24) is 20.4 Å². The molecule has 0 aliphatic carbocycles. The molecule has 0 unspecified atom stereocenters. The van der Waals surface area contributed by atoms with Gasteiger partial charge in [0.25, 0.3) is 5.91 Å². The van der Waals surface area contributed by atoms with Gasteiger partial charge in [0.05, 0.1) is 23.4 Å². The average Bonchev–Trinajstić information content (AvgIpc) is 3.15. The Hall–Kier alpha value is -1.77. The van der Waals surface area contributed by atoms with Crippen LogP contribution in [0.2, 0.25) is 0 Å². The molecule has 1 fully saturated rings. The topological polar surface area (TPSA) is 91.5 Å². The zero-order valence-electron chi connectivity index (χ0n) is 13.2. The number of likely N-dealkylation sites (tertiary alicyclic amines) is 1. The van der Waals surface area contributed by atoms with Gasteiger partial charge < -0.3 is 14.9 Å². The largest absolute Gasteiger partial charge is 0.390 e. The number of aliphatic hydroxyl groups is 1. The average molecular weight is 336 g/mol. The molecule has 1 saturated heterocycles. The fraction of sp³-hybridized carbons (Fsp3) is 0.533. The second kappa shape index (κ2) is 6.77. The van der Waals surface area contributed by atoms with Crippen LogP contribution in [0.4, 0.5) is 0 Å². The number of aliphatic hydroxyl groups excluding tert-OH is 1.